The summed E-state index contributed by atoms with van der Waals surface area (Å²) in [5.41, 5.74) is 1.75. The van der Waals surface area contributed by atoms with E-state index in [1.807, 2.05) is 48.5 Å². The lowest BCUT2D eigenvalue weighted by Crippen LogP contribution is -2.05. The summed E-state index contributed by atoms with van der Waals surface area (Å²) in [7, 11) is 0. The molecule has 0 saturated heterocycles. The predicted octanol–water partition coefficient (Wildman–Crippen LogP) is 4.67. The molecule has 0 radical (unpaired) electrons. The van der Waals surface area contributed by atoms with Gasteiger partial charge in [0.25, 0.3) is 0 Å². The quantitative estimate of drug-likeness (QED) is 0.474. The topological polar surface area (TPSA) is 52.1 Å². The lowest BCUT2D eigenvalue weighted by Gasteiger charge is -2.02. The summed E-state index contributed by atoms with van der Waals surface area (Å²) in [6.07, 6.45) is 1.75. The monoisotopic (exact) mass is 356 g/mol. The molecule has 0 bridgehead atoms. The number of benzene rings is 1. The van der Waals surface area contributed by atoms with Crippen LogP contribution >= 0.6 is 23.1 Å². The zero-order valence-corrected chi connectivity index (χ0v) is 14.8. The van der Waals surface area contributed by atoms with Crippen molar-refractivity contribution < 1.29 is 9.53 Å². The highest BCUT2D eigenvalue weighted by Crippen LogP contribution is 2.32. The molecule has 2 aromatic heterocycles. The van der Waals surface area contributed by atoms with Crippen LogP contribution in [-0.4, -0.2) is 22.5 Å². The third kappa shape index (κ3) is 4.01. The third-order valence-electron chi connectivity index (χ3n) is 3.17. The Labute approximate surface area is 148 Å². The molecule has 122 valence electrons. The SMILES string of the molecule is CCOC(=O)c1sc(-c2ccccc2)nc1CSc1ccccn1. The second-order valence-corrected chi connectivity index (χ2v) is 6.83. The predicted molar refractivity (Wildman–Crippen MR) is 97.3 cm³/mol. The van der Waals surface area contributed by atoms with E-state index in [1.54, 1.807) is 24.9 Å². The second kappa shape index (κ2) is 8.08. The number of hydrogen-bond acceptors (Lipinski definition) is 6. The minimum atomic E-state index is -0.311. The Hall–Kier alpha value is -2.18. The van der Waals surface area contributed by atoms with E-state index in [-0.39, 0.29) is 5.97 Å². The van der Waals surface area contributed by atoms with E-state index < -0.39 is 0 Å². The molecular formula is C18H16N2O2S2. The number of carbonyl (C=O) groups excluding carboxylic acids is 1. The van der Waals surface area contributed by atoms with Gasteiger partial charge in [0.1, 0.15) is 9.88 Å². The number of nitrogens with zero attached hydrogens (tertiary/aromatic N) is 2. The average molecular weight is 356 g/mol. The van der Waals surface area contributed by atoms with Gasteiger partial charge in [-0.2, -0.15) is 0 Å². The molecule has 4 nitrogen and oxygen atoms in total. The maximum absolute atomic E-state index is 12.2. The molecule has 6 heteroatoms. The molecule has 3 aromatic rings. The number of aromatic nitrogens is 2. The van der Waals surface area contributed by atoms with E-state index in [4.69, 9.17) is 4.74 Å². The maximum Gasteiger partial charge on any atom is 0.350 e. The van der Waals surface area contributed by atoms with Crippen molar-refractivity contribution in [3.63, 3.8) is 0 Å². The largest absolute Gasteiger partial charge is 0.462 e. The Kier molecular flexibility index (Phi) is 5.61. The van der Waals surface area contributed by atoms with Crippen molar-refractivity contribution in [2.45, 2.75) is 17.7 Å². The van der Waals surface area contributed by atoms with Gasteiger partial charge in [-0.3, -0.25) is 0 Å². The van der Waals surface area contributed by atoms with E-state index in [2.05, 4.69) is 9.97 Å². The summed E-state index contributed by atoms with van der Waals surface area (Å²) < 4.78 is 5.18. The van der Waals surface area contributed by atoms with E-state index >= 15 is 0 Å². The van der Waals surface area contributed by atoms with E-state index in [1.165, 1.54) is 11.3 Å². The van der Waals surface area contributed by atoms with Crippen molar-refractivity contribution >= 4 is 29.1 Å². The van der Waals surface area contributed by atoms with Crippen LogP contribution in [0.15, 0.2) is 59.8 Å². The molecule has 0 N–H and O–H groups in total. The van der Waals surface area contributed by atoms with Crippen LogP contribution in [0.2, 0.25) is 0 Å². The van der Waals surface area contributed by atoms with Gasteiger partial charge >= 0.3 is 5.97 Å². The Morgan fingerprint density at radius 3 is 2.67 bits per heavy atom. The lowest BCUT2D eigenvalue weighted by atomic mass is 10.2. The first kappa shape index (κ1) is 16.7. The summed E-state index contributed by atoms with van der Waals surface area (Å²) in [5.74, 6) is 0.267. The summed E-state index contributed by atoms with van der Waals surface area (Å²) in [5, 5.41) is 1.73. The number of pyridine rings is 1. The number of esters is 1. The van der Waals surface area contributed by atoms with Crippen molar-refractivity contribution in [3.8, 4) is 10.6 Å². The number of carbonyl (C=O) groups is 1. The summed E-state index contributed by atoms with van der Waals surface area (Å²) in [4.78, 5) is 21.8. The van der Waals surface area contributed by atoms with Gasteiger partial charge in [-0.15, -0.1) is 11.3 Å². The van der Waals surface area contributed by atoms with Gasteiger partial charge < -0.3 is 4.74 Å². The molecule has 24 heavy (non-hydrogen) atoms. The molecule has 0 unspecified atom stereocenters. The minimum Gasteiger partial charge on any atom is -0.462 e. The molecule has 0 aliphatic rings. The Balaban J connectivity index is 1.87. The molecule has 1 aromatic carbocycles. The number of rotatable bonds is 6. The van der Waals surface area contributed by atoms with Crippen LogP contribution in [-0.2, 0) is 10.5 Å². The van der Waals surface area contributed by atoms with Crippen molar-refractivity contribution in [2.75, 3.05) is 6.61 Å². The fourth-order valence-electron chi connectivity index (χ4n) is 2.08. The van der Waals surface area contributed by atoms with Gasteiger partial charge in [-0.25, -0.2) is 14.8 Å². The van der Waals surface area contributed by atoms with Crippen LogP contribution in [0.3, 0.4) is 0 Å². The van der Waals surface area contributed by atoms with Gasteiger partial charge in [0, 0.05) is 17.5 Å². The van der Waals surface area contributed by atoms with Gasteiger partial charge in [-0.1, -0.05) is 48.2 Å². The number of ether oxygens (including phenoxy) is 1. The molecule has 0 aliphatic heterocycles. The minimum absolute atomic E-state index is 0.311. The van der Waals surface area contributed by atoms with Crippen LogP contribution < -0.4 is 0 Å². The first-order valence-corrected chi connectivity index (χ1v) is 9.34. The standard InChI is InChI=1S/C18H16N2O2S2/c1-2-22-18(21)16-14(12-23-15-10-6-7-11-19-15)20-17(24-16)13-8-4-3-5-9-13/h3-11H,2,12H2,1H3. The fraction of sp³-hybridized carbons (Fsp3) is 0.167. The Morgan fingerprint density at radius 2 is 1.96 bits per heavy atom. The molecule has 0 aliphatic carbocycles. The average Bonchev–Trinajstić information content (AvgIpc) is 3.06. The summed E-state index contributed by atoms with van der Waals surface area (Å²) in [6.45, 7) is 2.16. The molecule has 0 atom stereocenters. The maximum atomic E-state index is 12.2. The van der Waals surface area contributed by atoms with Crippen LogP contribution in [0.4, 0.5) is 0 Å². The van der Waals surface area contributed by atoms with Crippen LogP contribution in [0, 0.1) is 0 Å². The molecule has 0 saturated carbocycles. The zero-order chi connectivity index (χ0) is 16.8. The zero-order valence-electron chi connectivity index (χ0n) is 13.1. The van der Waals surface area contributed by atoms with Crippen LogP contribution in [0.1, 0.15) is 22.3 Å². The summed E-state index contributed by atoms with van der Waals surface area (Å²) in [6, 6.07) is 15.6. The van der Waals surface area contributed by atoms with E-state index in [0.717, 1.165) is 21.3 Å². The molecule has 0 spiro atoms. The van der Waals surface area contributed by atoms with Gasteiger partial charge in [0.05, 0.1) is 17.3 Å². The smallest absolute Gasteiger partial charge is 0.350 e. The normalized spacial score (nSPS) is 10.5. The highest BCUT2D eigenvalue weighted by molar-refractivity contribution is 7.98. The fourth-order valence-corrected chi connectivity index (χ4v) is 3.96. The van der Waals surface area contributed by atoms with Crippen LogP contribution in [0.5, 0.6) is 0 Å². The van der Waals surface area contributed by atoms with E-state index in [9.17, 15) is 4.79 Å². The van der Waals surface area contributed by atoms with Crippen LogP contribution in [0.25, 0.3) is 10.6 Å². The molecule has 0 amide bonds. The Morgan fingerprint density at radius 1 is 1.17 bits per heavy atom. The summed E-state index contributed by atoms with van der Waals surface area (Å²) >= 11 is 2.93. The number of thioether (sulfide) groups is 1. The van der Waals surface area contributed by atoms with Gasteiger partial charge in [0.2, 0.25) is 0 Å². The molecular weight excluding hydrogens is 340 g/mol. The molecule has 0 fully saturated rings. The van der Waals surface area contributed by atoms with Gasteiger partial charge in [0.15, 0.2) is 0 Å². The molecule has 2 heterocycles. The van der Waals surface area contributed by atoms with Crippen molar-refractivity contribution in [3.05, 3.63) is 65.3 Å². The van der Waals surface area contributed by atoms with Crippen molar-refractivity contribution in [1.82, 2.24) is 9.97 Å². The highest BCUT2D eigenvalue weighted by atomic mass is 32.2. The number of thiazole rings is 1. The molecule has 3 rings (SSSR count). The van der Waals surface area contributed by atoms with Crippen molar-refractivity contribution in [1.29, 1.82) is 0 Å². The lowest BCUT2D eigenvalue weighted by molar-refractivity contribution is 0.0531. The van der Waals surface area contributed by atoms with E-state index in [0.29, 0.717) is 17.2 Å². The van der Waals surface area contributed by atoms with Gasteiger partial charge in [-0.05, 0) is 19.1 Å². The highest BCUT2D eigenvalue weighted by Gasteiger charge is 2.20. The van der Waals surface area contributed by atoms with Crippen molar-refractivity contribution in [2.24, 2.45) is 0 Å². The first-order valence-electron chi connectivity index (χ1n) is 7.54. The number of hydrogen-bond donors (Lipinski definition) is 0. The first-order chi connectivity index (χ1) is 11.8. The Bertz CT molecular complexity index is 804. The third-order valence-corrected chi connectivity index (χ3v) is 5.26. The second-order valence-electron chi connectivity index (χ2n) is 4.84.